The lowest BCUT2D eigenvalue weighted by Crippen LogP contribution is -2.42. The van der Waals surface area contributed by atoms with E-state index < -0.39 is 17.7 Å². The van der Waals surface area contributed by atoms with E-state index in [0.717, 1.165) is 0 Å². The monoisotopic (exact) mass is 524 g/mol. The Morgan fingerprint density at radius 1 is 1.24 bits per heavy atom. The third kappa shape index (κ3) is 4.84. The van der Waals surface area contributed by atoms with Gasteiger partial charge in [0.15, 0.2) is 11.4 Å². The number of fused-ring (bicyclic) bond motifs is 2. The molecule has 1 atom stereocenters. The van der Waals surface area contributed by atoms with Crippen molar-refractivity contribution in [1.82, 2.24) is 19.5 Å². The fraction of sp³-hybridized carbons (Fsp3) is 0.423. The van der Waals surface area contributed by atoms with Crippen molar-refractivity contribution in [2.24, 2.45) is 0 Å². The zero-order valence-electron chi connectivity index (χ0n) is 21.4. The second-order valence-electron chi connectivity index (χ2n) is 10.1. The minimum atomic E-state index is -1.62. The third-order valence-electron chi connectivity index (χ3n) is 6.86. The van der Waals surface area contributed by atoms with Crippen LogP contribution in [0, 0.1) is 0 Å². The van der Waals surface area contributed by atoms with Gasteiger partial charge in [0, 0.05) is 37.6 Å². The molecular weight excluding hydrogens is 495 g/mol. The van der Waals surface area contributed by atoms with Crippen LogP contribution in [-0.2, 0) is 11.3 Å². The Bertz CT molecular complexity index is 1430. The number of hydrogen-bond acceptors (Lipinski definition) is 8. The number of amides is 2. The lowest BCUT2D eigenvalue weighted by Gasteiger charge is -2.31. The van der Waals surface area contributed by atoms with Gasteiger partial charge < -0.3 is 25.0 Å². The van der Waals surface area contributed by atoms with Crippen LogP contribution < -0.4 is 10.2 Å². The molecule has 0 spiro atoms. The maximum atomic E-state index is 14.6. The average Bonchev–Trinajstić information content (AvgIpc) is 3.43. The van der Waals surface area contributed by atoms with E-state index in [4.69, 9.17) is 4.74 Å². The van der Waals surface area contributed by atoms with E-state index in [1.807, 2.05) is 4.90 Å². The molecule has 11 nitrogen and oxygen atoms in total. The molecule has 2 aliphatic rings. The van der Waals surface area contributed by atoms with Gasteiger partial charge in [0.1, 0.15) is 11.7 Å². The number of nitrogens with zero attached hydrogens (tertiary/aromatic N) is 5. The first-order chi connectivity index (χ1) is 18.0. The highest BCUT2D eigenvalue weighted by Gasteiger charge is 2.35. The molecular formula is C26H29FN6O5. The van der Waals surface area contributed by atoms with Gasteiger partial charge >= 0.3 is 0 Å². The maximum absolute atomic E-state index is 14.6. The number of anilines is 2. The van der Waals surface area contributed by atoms with Crippen LogP contribution in [0.2, 0.25) is 0 Å². The number of morpholine rings is 1. The van der Waals surface area contributed by atoms with Crippen molar-refractivity contribution in [2.75, 3.05) is 43.1 Å². The zero-order valence-corrected chi connectivity index (χ0v) is 21.4. The lowest BCUT2D eigenvalue weighted by molar-refractivity contribution is -0.0159. The van der Waals surface area contributed by atoms with Gasteiger partial charge in [-0.1, -0.05) is 0 Å². The Labute approximate surface area is 218 Å². The van der Waals surface area contributed by atoms with Crippen LogP contribution in [0.1, 0.15) is 57.4 Å². The van der Waals surface area contributed by atoms with Crippen molar-refractivity contribution in [3.63, 3.8) is 0 Å². The van der Waals surface area contributed by atoms with E-state index >= 15 is 0 Å². The predicted molar refractivity (Wildman–Crippen MR) is 136 cm³/mol. The molecule has 0 aliphatic carbocycles. The molecule has 1 saturated heterocycles. The van der Waals surface area contributed by atoms with Gasteiger partial charge in [-0.3, -0.25) is 14.4 Å². The fourth-order valence-electron chi connectivity index (χ4n) is 4.55. The summed E-state index contributed by atoms with van der Waals surface area (Å²) < 4.78 is 21.4. The van der Waals surface area contributed by atoms with Gasteiger partial charge in [0.05, 0.1) is 48.5 Å². The number of benzene rings is 1. The summed E-state index contributed by atoms with van der Waals surface area (Å²) >= 11 is 0. The zero-order chi connectivity index (χ0) is 27.2. The summed E-state index contributed by atoms with van der Waals surface area (Å²) in [5.74, 6) is -0.948. The van der Waals surface area contributed by atoms with E-state index in [9.17, 15) is 23.9 Å². The standard InChI is InChI=1S/C26H29FN6O5/c1-15(34)17-10-28-23-19(11-29-33(23)13-17)24(35)30-20-8-16-12-32(14-22(27)26(2,3)37)25(36)18(16)9-21(20)31-4-6-38-7-5-31/h8-11,13,22,37H,4-7,12,14H2,1-3H3,(H,30,35)/t22-/m1/s1. The van der Waals surface area contributed by atoms with Crippen molar-refractivity contribution >= 4 is 34.6 Å². The number of aliphatic hydroxyl groups is 1. The predicted octanol–water partition coefficient (Wildman–Crippen LogP) is 2.09. The first-order valence-electron chi connectivity index (χ1n) is 12.3. The molecule has 3 aromatic rings. The Hall–Kier alpha value is -3.90. The van der Waals surface area contributed by atoms with E-state index in [0.29, 0.717) is 60.0 Å². The quantitative estimate of drug-likeness (QED) is 0.450. The Morgan fingerprint density at radius 2 is 1.97 bits per heavy atom. The summed E-state index contributed by atoms with van der Waals surface area (Å²) in [5, 5.41) is 17.1. The molecule has 1 aromatic carbocycles. The summed E-state index contributed by atoms with van der Waals surface area (Å²) in [5.41, 5.74) is 1.52. The molecule has 4 heterocycles. The molecule has 1 fully saturated rings. The summed E-state index contributed by atoms with van der Waals surface area (Å²) in [6.45, 7) is 6.19. The van der Waals surface area contributed by atoms with Crippen LogP contribution in [0.4, 0.5) is 15.8 Å². The van der Waals surface area contributed by atoms with Crippen LogP contribution in [0.5, 0.6) is 0 Å². The number of Topliss-reactive ketones (excluding diaryl/α,β-unsaturated/α-hetero) is 1. The largest absolute Gasteiger partial charge is 0.387 e. The molecule has 200 valence electrons. The Kier molecular flexibility index (Phi) is 6.61. The molecule has 0 bridgehead atoms. The van der Waals surface area contributed by atoms with E-state index in [1.54, 1.807) is 12.1 Å². The number of hydrogen-bond donors (Lipinski definition) is 2. The first kappa shape index (κ1) is 25.7. The molecule has 0 saturated carbocycles. The normalized spacial score (nSPS) is 16.6. The number of carbonyl (C=O) groups excluding carboxylic acids is 3. The number of halogens is 1. The van der Waals surface area contributed by atoms with Crippen LogP contribution in [0.3, 0.4) is 0 Å². The molecule has 2 aromatic heterocycles. The molecule has 2 aliphatic heterocycles. The number of ether oxygens (including phenoxy) is 1. The second kappa shape index (κ2) is 9.76. The average molecular weight is 525 g/mol. The van der Waals surface area contributed by atoms with Crippen LogP contribution in [-0.4, -0.2) is 86.8 Å². The van der Waals surface area contributed by atoms with E-state index in [2.05, 4.69) is 15.4 Å². The highest BCUT2D eigenvalue weighted by molar-refractivity contribution is 6.10. The van der Waals surface area contributed by atoms with Crippen LogP contribution >= 0.6 is 0 Å². The molecule has 2 N–H and O–H groups in total. The van der Waals surface area contributed by atoms with Crippen molar-refractivity contribution < 1.29 is 28.6 Å². The molecule has 38 heavy (non-hydrogen) atoms. The smallest absolute Gasteiger partial charge is 0.261 e. The van der Waals surface area contributed by atoms with Gasteiger partial charge in [-0.05, 0) is 38.5 Å². The second-order valence-corrected chi connectivity index (χ2v) is 10.1. The van der Waals surface area contributed by atoms with E-state index in [-0.39, 0.29) is 30.3 Å². The minimum absolute atomic E-state index is 0.156. The Morgan fingerprint density at radius 3 is 2.66 bits per heavy atom. The van der Waals surface area contributed by atoms with Gasteiger partial charge in [0.25, 0.3) is 11.8 Å². The van der Waals surface area contributed by atoms with Gasteiger partial charge in [-0.2, -0.15) is 5.10 Å². The third-order valence-corrected chi connectivity index (χ3v) is 6.86. The first-order valence-corrected chi connectivity index (χ1v) is 12.3. The van der Waals surface area contributed by atoms with Crippen molar-refractivity contribution in [2.45, 2.75) is 39.1 Å². The van der Waals surface area contributed by atoms with Gasteiger partial charge in [-0.15, -0.1) is 0 Å². The molecule has 5 rings (SSSR count). The van der Waals surface area contributed by atoms with Crippen molar-refractivity contribution in [1.29, 1.82) is 0 Å². The number of aromatic nitrogens is 3. The fourth-order valence-corrected chi connectivity index (χ4v) is 4.55. The van der Waals surface area contributed by atoms with Crippen LogP contribution in [0.25, 0.3) is 5.65 Å². The topological polar surface area (TPSA) is 129 Å². The maximum Gasteiger partial charge on any atom is 0.261 e. The summed E-state index contributed by atoms with van der Waals surface area (Å²) in [6.07, 6.45) is 2.68. The lowest BCUT2D eigenvalue weighted by atomic mass is 10.0. The van der Waals surface area contributed by atoms with Crippen molar-refractivity contribution in [3.05, 3.63) is 53.0 Å². The summed E-state index contributed by atoms with van der Waals surface area (Å²) in [7, 11) is 0. The summed E-state index contributed by atoms with van der Waals surface area (Å²) in [6, 6.07) is 3.46. The molecule has 0 unspecified atom stereocenters. The molecule has 2 amide bonds. The number of rotatable bonds is 7. The molecule has 0 radical (unpaired) electrons. The number of alkyl halides is 1. The van der Waals surface area contributed by atoms with Crippen molar-refractivity contribution in [3.8, 4) is 0 Å². The van der Waals surface area contributed by atoms with Gasteiger partial charge in [-0.25, -0.2) is 13.9 Å². The van der Waals surface area contributed by atoms with E-state index in [1.165, 1.54) is 48.8 Å². The summed E-state index contributed by atoms with van der Waals surface area (Å²) in [4.78, 5) is 45.8. The number of nitrogens with one attached hydrogen (secondary N) is 1. The highest BCUT2D eigenvalue weighted by atomic mass is 19.1. The highest BCUT2D eigenvalue weighted by Crippen LogP contribution is 2.36. The minimum Gasteiger partial charge on any atom is -0.387 e. The molecule has 12 heteroatoms. The number of ketones is 1. The van der Waals surface area contributed by atoms with Gasteiger partial charge in [0.2, 0.25) is 0 Å². The number of carbonyl (C=O) groups is 3. The van der Waals surface area contributed by atoms with Crippen LogP contribution in [0.15, 0.2) is 30.7 Å². The Balaban J connectivity index is 1.47. The SMILES string of the molecule is CC(=O)c1cnc2c(C(=O)Nc3cc4c(cc3N3CCOCC3)C(=O)N(C[C@@H](F)C(C)(C)O)C4)cnn2c1.